The van der Waals surface area contributed by atoms with E-state index in [-0.39, 0.29) is 5.57 Å². The minimum atomic E-state index is -0.742. The normalized spacial score (nSPS) is 10.5. The van der Waals surface area contributed by atoms with E-state index in [1.807, 2.05) is 0 Å². The number of esters is 2. The highest BCUT2D eigenvalue weighted by Gasteiger charge is 2.14. The van der Waals surface area contributed by atoms with Crippen LogP contribution in [0.3, 0.4) is 0 Å². The molecule has 0 fully saturated rings. The predicted molar refractivity (Wildman–Crippen MR) is 65.3 cm³/mol. The summed E-state index contributed by atoms with van der Waals surface area (Å²) >= 11 is 0. The highest BCUT2D eigenvalue weighted by Crippen LogP contribution is 2.05. The van der Waals surface area contributed by atoms with Crippen molar-refractivity contribution >= 4 is 11.9 Å². The number of hydrogen-bond acceptors (Lipinski definition) is 3. The highest BCUT2D eigenvalue weighted by molar-refractivity contribution is 6.03. The quantitative estimate of drug-likeness (QED) is 0.344. The van der Waals surface area contributed by atoms with Crippen LogP contribution in [0.5, 0.6) is 0 Å². The molecule has 86 valence electrons. The van der Waals surface area contributed by atoms with Gasteiger partial charge in [0.25, 0.3) is 0 Å². The number of ether oxygens (including phenoxy) is 1. The van der Waals surface area contributed by atoms with Crippen LogP contribution in [0.25, 0.3) is 0 Å². The van der Waals surface area contributed by atoms with Crippen LogP contribution in [-0.2, 0) is 9.53 Å². The molecule has 0 aliphatic carbocycles. The van der Waals surface area contributed by atoms with E-state index in [0.717, 1.165) is 0 Å². The Labute approximate surface area is 99.7 Å². The molecule has 0 saturated heterocycles. The summed E-state index contributed by atoms with van der Waals surface area (Å²) in [5.74, 6) is -1.43. The van der Waals surface area contributed by atoms with Gasteiger partial charge in [-0.3, -0.25) is 0 Å². The third kappa shape index (κ3) is 3.57. The zero-order valence-electron chi connectivity index (χ0n) is 9.26. The Hall–Kier alpha value is -2.42. The van der Waals surface area contributed by atoms with Gasteiger partial charge in [0.2, 0.25) is 0 Å². The van der Waals surface area contributed by atoms with Gasteiger partial charge in [0.15, 0.2) is 0 Å². The molecule has 0 N–H and O–H groups in total. The Morgan fingerprint density at radius 2 is 1.76 bits per heavy atom. The monoisotopic (exact) mass is 228 g/mol. The molecule has 3 nitrogen and oxygen atoms in total. The second-order valence-corrected chi connectivity index (χ2v) is 3.10. The number of rotatable bonds is 4. The molecule has 0 unspecified atom stereocenters. The van der Waals surface area contributed by atoms with E-state index in [9.17, 15) is 9.59 Å². The van der Waals surface area contributed by atoms with Gasteiger partial charge in [-0.05, 0) is 18.2 Å². The van der Waals surface area contributed by atoms with Crippen LogP contribution in [0, 0.1) is 0 Å². The van der Waals surface area contributed by atoms with Crippen molar-refractivity contribution in [1.29, 1.82) is 0 Å². The lowest BCUT2D eigenvalue weighted by Crippen LogP contribution is -2.13. The minimum absolute atomic E-state index is 0.185. The van der Waals surface area contributed by atoms with Gasteiger partial charge in [-0.1, -0.05) is 43.5 Å². The lowest BCUT2D eigenvalue weighted by atomic mass is 10.2. The summed E-state index contributed by atoms with van der Waals surface area (Å²) in [4.78, 5) is 23.1. The summed E-state index contributed by atoms with van der Waals surface area (Å²) in [7, 11) is 0. The number of hydrogen-bond donors (Lipinski definition) is 0. The third-order valence-corrected chi connectivity index (χ3v) is 1.95. The Kier molecular flexibility index (Phi) is 4.63. The van der Waals surface area contributed by atoms with Crippen molar-refractivity contribution in [3.8, 4) is 0 Å². The van der Waals surface area contributed by atoms with Crippen LogP contribution < -0.4 is 0 Å². The van der Waals surface area contributed by atoms with Crippen LogP contribution in [0.4, 0.5) is 0 Å². The molecule has 0 saturated carbocycles. The standard InChI is InChI=1S/C14H12O3/c1-3-8-11(4-2)13(15)17-14(16)12-9-6-5-7-10-12/h3-10H,1-2H2/b11-8+. The van der Waals surface area contributed by atoms with E-state index in [4.69, 9.17) is 0 Å². The molecule has 0 bridgehead atoms. The minimum Gasteiger partial charge on any atom is -0.386 e. The first-order valence-electron chi connectivity index (χ1n) is 4.95. The fourth-order valence-electron chi connectivity index (χ4n) is 1.12. The lowest BCUT2D eigenvalue weighted by molar-refractivity contribution is -0.133. The van der Waals surface area contributed by atoms with Crippen LogP contribution in [-0.4, -0.2) is 11.9 Å². The first kappa shape index (κ1) is 12.6. The molecule has 0 radical (unpaired) electrons. The number of benzene rings is 1. The van der Waals surface area contributed by atoms with Crippen molar-refractivity contribution in [2.45, 2.75) is 0 Å². The van der Waals surface area contributed by atoms with Crippen molar-refractivity contribution in [3.05, 3.63) is 72.9 Å². The third-order valence-electron chi connectivity index (χ3n) is 1.95. The number of carbonyl (C=O) groups is 2. The second-order valence-electron chi connectivity index (χ2n) is 3.10. The summed E-state index contributed by atoms with van der Waals surface area (Å²) in [6, 6.07) is 8.29. The molecule has 0 atom stereocenters. The Morgan fingerprint density at radius 3 is 2.29 bits per heavy atom. The highest BCUT2D eigenvalue weighted by atomic mass is 16.6. The topological polar surface area (TPSA) is 43.4 Å². The SMILES string of the molecule is C=C/C=C(\C=C)C(=O)OC(=O)c1ccccc1. The van der Waals surface area contributed by atoms with E-state index < -0.39 is 11.9 Å². The van der Waals surface area contributed by atoms with E-state index >= 15 is 0 Å². The second kappa shape index (κ2) is 6.23. The lowest BCUT2D eigenvalue weighted by Gasteiger charge is -2.02. The number of carbonyl (C=O) groups excluding carboxylic acids is 2. The maximum Gasteiger partial charge on any atom is 0.346 e. The largest absolute Gasteiger partial charge is 0.386 e. The smallest absolute Gasteiger partial charge is 0.346 e. The van der Waals surface area contributed by atoms with E-state index in [1.165, 1.54) is 18.2 Å². The maximum atomic E-state index is 11.5. The van der Waals surface area contributed by atoms with E-state index in [1.54, 1.807) is 30.3 Å². The van der Waals surface area contributed by atoms with Gasteiger partial charge in [-0.15, -0.1) is 0 Å². The summed E-state index contributed by atoms with van der Waals surface area (Å²) < 4.78 is 4.68. The maximum absolute atomic E-state index is 11.5. The first-order valence-corrected chi connectivity index (χ1v) is 4.95. The van der Waals surface area contributed by atoms with Gasteiger partial charge < -0.3 is 4.74 Å². The van der Waals surface area contributed by atoms with Gasteiger partial charge in [0, 0.05) is 0 Å². The van der Waals surface area contributed by atoms with E-state index in [0.29, 0.717) is 5.56 Å². The van der Waals surface area contributed by atoms with Gasteiger partial charge in [-0.25, -0.2) is 9.59 Å². The summed E-state index contributed by atoms with van der Waals surface area (Å²) in [5.41, 5.74) is 0.507. The molecule has 1 aromatic carbocycles. The fraction of sp³-hybridized carbons (Fsp3) is 0. The van der Waals surface area contributed by atoms with Gasteiger partial charge in [0.1, 0.15) is 0 Å². The molecule has 1 rings (SSSR count). The molecule has 1 aromatic rings. The zero-order valence-corrected chi connectivity index (χ0v) is 9.26. The van der Waals surface area contributed by atoms with Crippen LogP contribution >= 0.6 is 0 Å². The molecule has 17 heavy (non-hydrogen) atoms. The molecular weight excluding hydrogens is 216 g/mol. The van der Waals surface area contributed by atoms with Crippen molar-refractivity contribution in [2.24, 2.45) is 0 Å². The van der Waals surface area contributed by atoms with Crippen LogP contribution in [0.15, 0.2) is 67.3 Å². The first-order chi connectivity index (χ1) is 8.19. The molecule has 0 aliphatic heterocycles. The van der Waals surface area contributed by atoms with E-state index in [2.05, 4.69) is 17.9 Å². The van der Waals surface area contributed by atoms with Gasteiger partial charge in [-0.2, -0.15) is 0 Å². The molecule has 0 heterocycles. The molecule has 3 heteroatoms. The van der Waals surface area contributed by atoms with Crippen molar-refractivity contribution in [3.63, 3.8) is 0 Å². The van der Waals surface area contributed by atoms with Gasteiger partial charge >= 0.3 is 11.9 Å². The van der Waals surface area contributed by atoms with Gasteiger partial charge in [0.05, 0.1) is 11.1 Å². The average Bonchev–Trinajstić information content (AvgIpc) is 2.36. The zero-order chi connectivity index (χ0) is 12.7. The Balaban J connectivity index is 2.76. The van der Waals surface area contributed by atoms with Crippen LogP contribution in [0.2, 0.25) is 0 Å². The summed E-state index contributed by atoms with van der Waals surface area (Å²) in [6.45, 7) is 6.90. The molecule has 0 spiro atoms. The summed E-state index contributed by atoms with van der Waals surface area (Å²) in [5, 5.41) is 0. The fourth-order valence-corrected chi connectivity index (χ4v) is 1.12. The molecule has 0 aliphatic rings. The Morgan fingerprint density at radius 1 is 1.12 bits per heavy atom. The molecule has 0 aromatic heterocycles. The summed E-state index contributed by atoms with van der Waals surface area (Å²) in [6.07, 6.45) is 4.15. The van der Waals surface area contributed by atoms with Crippen molar-refractivity contribution in [2.75, 3.05) is 0 Å². The molecular formula is C14H12O3. The molecule has 0 amide bonds. The predicted octanol–water partition coefficient (Wildman–Crippen LogP) is 2.67. The van der Waals surface area contributed by atoms with Crippen molar-refractivity contribution in [1.82, 2.24) is 0 Å². The average molecular weight is 228 g/mol. The van der Waals surface area contributed by atoms with Crippen molar-refractivity contribution < 1.29 is 14.3 Å². The number of allylic oxidation sites excluding steroid dienone is 2. The van der Waals surface area contributed by atoms with Crippen LogP contribution in [0.1, 0.15) is 10.4 Å². The Bertz CT molecular complexity index is 470.